The van der Waals surface area contributed by atoms with E-state index in [4.69, 9.17) is 17.6 Å². The van der Waals surface area contributed by atoms with Crippen LogP contribution in [0, 0.1) is 5.92 Å². The van der Waals surface area contributed by atoms with Crippen LogP contribution >= 0.6 is 12.6 Å². The van der Waals surface area contributed by atoms with Gasteiger partial charge in [0.2, 0.25) is 5.82 Å². The number of benzene rings is 2. The van der Waals surface area contributed by atoms with Crippen LogP contribution in [0.2, 0.25) is 0 Å². The highest BCUT2D eigenvalue weighted by Gasteiger charge is 2.38. The second kappa shape index (κ2) is 9.47. The maximum absolute atomic E-state index is 4.91. The largest absolute Gasteiger partial charge is 0.263 e. The summed E-state index contributed by atoms with van der Waals surface area (Å²) in [5, 5.41) is 22.3. The fraction of sp³-hybridized carbons (Fsp3) is 0.400. The fourth-order valence-electron chi connectivity index (χ4n) is 4.95. The van der Waals surface area contributed by atoms with Crippen LogP contribution in [0.1, 0.15) is 56.2 Å². The molecule has 2 aromatic carbocycles. The number of hydrogen-bond acceptors (Lipinski definition) is 6. The summed E-state index contributed by atoms with van der Waals surface area (Å²) in [5.74, 6) is 3.77. The number of aromatic nitrogens is 7. The van der Waals surface area contributed by atoms with Crippen LogP contribution in [0.3, 0.4) is 0 Å². The van der Waals surface area contributed by atoms with Gasteiger partial charge >= 0.3 is 0 Å². The molecule has 1 aliphatic rings. The van der Waals surface area contributed by atoms with Gasteiger partial charge in [-0.1, -0.05) is 74.7 Å². The van der Waals surface area contributed by atoms with E-state index < -0.39 is 0 Å². The van der Waals surface area contributed by atoms with E-state index >= 15 is 0 Å². The number of aromatic amines is 2. The molecule has 1 saturated carbocycles. The highest BCUT2D eigenvalue weighted by Crippen LogP contribution is 2.40. The van der Waals surface area contributed by atoms with Crippen LogP contribution in [-0.4, -0.2) is 41.6 Å². The molecule has 0 radical (unpaired) electrons. The average molecular weight is 460 g/mol. The Labute approximate surface area is 199 Å². The minimum absolute atomic E-state index is 0.0823. The summed E-state index contributed by atoms with van der Waals surface area (Å²) in [6.07, 6.45) is 7.14. The Bertz CT molecular complexity index is 1180. The zero-order chi connectivity index (χ0) is 22.7. The first-order valence-corrected chi connectivity index (χ1v) is 12.3. The summed E-state index contributed by atoms with van der Waals surface area (Å²) in [6.45, 7) is 2.28. The summed E-state index contributed by atoms with van der Waals surface area (Å²) >= 11 is 4.70. The molecular formula is C25H29N7S. The van der Waals surface area contributed by atoms with Crippen molar-refractivity contribution >= 4 is 12.6 Å². The molecule has 8 heteroatoms. The highest BCUT2D eigenvalue weighted by atomic mass is 32.1. The lowest BCUT2D eigenvalue weighted by molar-refractivity contribution is 0.231. The van der Waals surface area contributed by atoms with Crippen molar-refractivity contribution in [1.29, 1.82) is 0 Å². The Morgan fingerprint density at radius 2 is 1.73 bits per heavy atom. The molecule has 0 spiro atoms. The van der Waals surface area contributed by atoms with E-state index in [1.807, 2.05) is 18.2 Å². The van der Waals surface area contributed by atoms with E-state index in [-0.39, 0.29) is 5.41 Å². The van der Waals surface area contributed by atoms with Crippen molar-refractivity contribution < 1.29 is 0 Å². The van der Waals surface area contributed by atoms with Crippen molar-refractivity contribution in [3.8, 4) is 22.5 Å². The van der Waals surface area contributed by atoms with Crippen LogP contribution < -0.4 is 0 Å². The molecule has 5 rings (SSSR count). The quantitative estimate of drug-likeness (QED) is 0.338. The molecule has 0 amide bonds. The molecule has 170 valence electrons. The van der Waals surface area contributed by atoms with Gasteiger partial charge in [-0.15, -0.1) is 10.2 Å². The van der Waals surface area contributed by atoms with Gasteiger partial charge in [-0.25, -0.2) is 4.98 Å². The minimum Gasteiger partial charge on any atom is -0.263 e. The molecule has 4 aromatic rings. The third kappa shape index (κ3) is 4.44. The maximum Gasteiger partial charge on any atom is 0.205 e. The standard InChI is InChI=1S/C25H29N7S/c1-25(16-33,19-7-3-2-4-8-19)24-26-22(27-30-24)15-17-11-13-18(14-12-17)20-9-5-6-10-21(20)23-28-31-32-29-23/h5-6,9-14,19,33H,2-4,7-8,15-16H2,1H3,(H,26,27,30)(H,28,29,31,32). The Kier molecular flexibility index (Phi) is 6.26. The van der Waals surface area contributed by atoms with E-state index in [9.17, 15) is 0 Å². The summed E-state index contributed by atoms with van der Waals surface area (Å²) < 4.78 is 0. The highest BCUT2D eigenvalue weighted by molar-refractivity contribution is 7.80. The lowest BCUT2D eigenvalue weighted by Crippen LogP contribution is -2.36. The number of rotatable bonds is 7. The average Bonchev–Trinajstić information content (AvgIpc) is 3.58. The Morgan fingerprint density at radius 1 is 0.970 bits per heavy atom. The van der Waals surface area contributed by atoms with Gasteiger partial charge in [-0.3, -0.25) is 5.10 Å². The summed E-state index contributed by atoms with van der Waals surface area (Å²) in [7, 11) is 0. The summed E-state index contributed by atoms with van der Waals surface area (Å²) in [5.41, 5.74) is 4.24. The zero-order valence-electron chi connectivity index (χ0n) is 18.8. The topological polar surface area (TPSA) is 96.0 Å². The minimum atomic E-state index is -0.0823. The molecule has 0 aliphatic heterocycles. The van der Waals surface area contributed by atoms with Crippen LogP contribution in [-0.2, 0) is 11.8 Å². The molecule has 0 bridgehead atoms. The van der Waals surface area contributed by atoms with Crippen molar-refractivity contribution in [2.45, 2.75) is 50.9 Å². The van der Waals surface area contributed by atoms with Gasteiger partial charge in [0.15, 0.2) is 5.82 Å². The molecule has 33 heavy (non-hydrogen) atoms. The molecule has 7 nitrogen and oxygen atoms in total. The van der Waals surface area contributed by atoms with Gasteiger partial charge in [-0.2, -0.15) is 22.9 Å². The van der Waals surface area contributed by atoms with Gasteiger partial charge in [0.1, 0.15) is 5.82 Å². The Morgan fingerprint density at radius 3 is 2.42 bits per heavy atom. The van der Waals surface area contributed by atoms with Crippen molar-refractivity contribution in [3.63, 3.8) is 0 Å². The SMILES string of the molecule is CC(CS)(c1n[nH]c(Cc2ccc(-c3ccccc3-c3nn[nH]n3)cc2)n1)C1CCCCC1. The van der Waals surface area contributed by atoms with Gasteiger partial charge in [-0.05, 0) is 40.7 Å². The van der Waals surface area contributed by atoms with E-state index in [1.165, 1.54) is 37.7 Å². The van der Waals surface area contributed by atoms with Crippen molar-refractivity contribution in [2.75, 3.05) is 5.75 Å². The normalized spacial score (nSPS) is 16.5. The lowest BCUT2D eigenvalue weighted by Gasteiger charge is -2.36. The van der Waals surface area contributed by atoms with E-state index in [0.717, 1.165) is 34.1 Å². The second-order valence-corrected chi connectivity index (χ2v) is 9.49. The maximum atomic E-state index is 4.91. The predicted molar refractivity (Wildman–Crippen MR) is 132 cm³/mol. The first-order valence-electron chi connectivity index (χ1n) is 11.6. The van der Waals surface area contributed by atoms with Crippen LogP contribution in [0.15, 0.2) is 48.5 Å². The van der Waals surface area contributed by atoms with Gasteiger partial charge < -0.3 is 0 Å². The van der Waals surface area contributed by atoms with Crippen LogP contribution in [0.5, 0.6) is 0 Å². The lowest BCUT2D eigenvalue weighted by atomic mass is 9.70. The van der Waals surface area contributed by atoms with Gasteiger partial charge in [0, 0.05) is 23.2 Å². The first kappa shape index (κ1) is 21.8. The number of hydrogen-bond donors (Lipinski definition) is 3. The van der Waals surface area contributed by atoms with Crippen LogP contribution in [0.25, 0.3) is 22.5 Å². The summed E-state index contributed by atoms with van der Waals surface area (Å²) in [6, 6.07) is 16.6. The van der Waals surface area contributed by atoms with E-state index in [0.29, 0.717) is 18.2 Å². The molecule has 2 N–H and O–H groups in total. The van der Waals surface area contributed by atoms with E-state index in [2.05, 4.69) is 68.1 Å². The van der Waals surface area contributed by atoms with E-state index in [1.54, 1.807) is 0 Å². The molecular weight excluding hydrogens is 430 g/mol. The first-order chi connectivity index (χ1) is 16.2. The van der Waals surface area contributed by atoms with Crippen molar-refractivity contribution in [2.24, 2.45) is 5.92 Å². The third-order valence-electron chi connectivity index (χ3n) is 7.03. The van der Waals surface area contributed by atoms with Crippen molar-refractivity contribution in [3.05, 3.63) is 65.7 Å². The molecule has 0 saturated heterocycles. The number of thiol groups is 1. The molecule has 1 unspecified atom stereocenters. The Balaban J connectivity index is 1.34. The molecule has 1 fully saturated rings. The number of nitrogens with zero attached hydrogens (tertiary/aromatic N) is 5. The summed E-state index contributed by atoms with van der Waals surface area (Å²) in [4.78, 5) is 4.91. The van der Waals surface area contributed by atoms with Gasteiger partial charge in [0.25, 0.3) is 0 Å². The van der Waals surface area contributed by atoms with Crippen molar-refractivity contribution in [1.82, 2.24) is 35.8 Å². The molecule has 2 heterocycles. The molecule has 2 aromatic heterocycles. The fourth-order valence-corrected chi connectivity index (χ4v) is 5.35. The zero-order valence-corrected chi connectivity index (χ0v) is 19.7. The smallest absolute Gasteiger partial charge is 0.205 e. The van der Waals surface area contributed by atoms with Gasteiger partial charge in [0.05, 0.1) is 0 Å². The molecule has 1 aliphatic carbocycles. The number of nitrogens with one attached hydrogen (secondary N) is 2. The monoisotopic (exact) mass is 459 g/mol. The molecule has 1 atom stereocenters. The van der Waals surface area contributed by atoms with Crippen LogP contribution in [0.4, 0.5) is 0 Å². The number of tetrazole rings is 1. The third-order valence-corrected chi connectivity index (χ3v) is 7.68. The predicted octanol–water partition coefficient (Wildman–Crippen LogP) is 5.01. The number of H-pyrrole nitrogens is 2. The second-order valence-electron chi connectivity index (χ2n) is 9.17. The Hall–Kier alpha value is -3.00.